The number of nitrogen functional groups attached to an aromatic ring is 1. The van der Waals surface area contributed by atoms with Gasteiger partial charge in [-0.3, -0.25) is 4.79 Å². The maximum Gasteiger partial charge on any atom is 0.324 e. The molecule has 3 N–H and O–H groups in total. The largest absolute Gasteiger partial charge is 0.465 e. The Labute approximate surface area is 118 Å². The average Bonchev–Trinajstić information content (AvgIpc) is 2.39. The predicted molar refractivity (Wildman–Crippen MR) is 76.4 cm³/mol. The van der Waals surface area contributed by atoms with Crippen LogP contribution < -0.4 is 10.5 Å². The van der Waals surface area contributed by atoms with Crippen LogP contribution in [0.25, 0.3) is 0 Å². The van der Waals surface area contributed by atoms with Crippen LogP contribution in [0.15, 0.2) is 41.8 Å². The predicted octanol–water partition coefficient (Wildman–Crippen LogP) is 1.05. The Morgan fingerprint density at radius 2 is 2.05 bits per heavy atom. The maximum atomic E-state index is 12.1. The zero-order chi connectivity index (χ0) is 15.2. The van der Waals surface area contributed by atoms with E-state index < -0.39 is 22.0 Å². The van der Waals surface area contributed by atoms with E-state index in [2.05, 4.69) is 11.3 Å². The Kier molecular flexibility index (Phi) is 5.72. The Morgan fingerprint density at radius 1 is 1.45 bits per heavy atom. The third-order valence-electron chi connectivity index (χ3n) is 2.46. The van der Waals surface area contributed by atoms with Crippen molar-refractivity contribution in [3.8, 4) is 0 Å². The zero-order valence-corrected chi connectivity index (χ0v) is 12.0. The van der Waals surface area contributed by atoms with Gasteiger partial charge >= 0.3 is 5.97 Å². The van der Waals surface area contributed by atoms with Crippen LogP contribution in [0.5, 0.6) is 0 Å². The van der Waals surface area contributed by atoms with Gasteiger partial charge in [0.25, 0.3) is 0 Å². The number of anilines is 1. The molecule has 7 heteroatoms. The third-order valence-corrected chi connectivity index (χ3v) is 3.95. The fraction of sp³-hybridized carbons (Fsp3) is 0.308. The first-order valence-electron chi connectivity index (χ1n) is 6.06. The highest BCUT2D eigenvalue weighted by atomic mass is 32.2. The van der Waals surface area contributed by atoms with Crippen molar-refractivity contribution in [3.05, 3.63) is 36.9 Å². The van der Waals surface area contributed by atoms with Crippen LogP contribution in [0.4, 0.5) is 5.69 Å². The van der Waals surface area contributed by atoms with E-state index in [1.807, 2.05) is 0 Å². The summed E-state index contributed by atoms with van der Waals surface area (Å²) < 4.78 is 31.4. The topological polar surface area (TPSA) is 98.5 Å². The molecule has 20 heavy (non-hydrogen) atoms. The van der Waals surface area contributed by atoms with Gasteiger partial charge in [0.1, 0.15) is 6.04 Å². The van der Waals surface area contributed by atoms with Crippen molar-refractivity contribution in [2.45, 2.75) is 24.3 Å². The lowest BCUT2D eigenvalue weighted by Gasteiger charge is -2.16. The van der Waals surface area contributed by atoms with Crippen LogP contribution in [-0.4, -0.2) is 27.0 Å². The number of carbonyl (C=O) groups is 1. The van der Waals surface area contributed by atoms with Crippen LogP contribution in [0.3, 0.4) is 0 Å². The van der Waals surface area contributed by atoms with Crippen molar-refractivity contribution in [1.82, 2.24) is 4.72 Å². The molecular formula is C13H18N2O4S. The molecule has 6 nitrogen and oxygen atoms in total. The summed E-state index contributed by atoms with van der Waals surface area (Å²) in [4.78, 5) is 11.7. The molecule has 0 bridgehead atoms. The van der Waals surface area contributed by atoms with Crippen molar-refractivity contribution in [2.24, 2.45) is 0 Å². The molecule has 1 rings (SSSR count). The molecule has 0 heterocycles. The van der Waals surface area contributed by atoms with Gasteiger partial charge in [0.15, 0.2) is 0 Å². The van der Waals surface area contributed by atoms with Gasteiger partial charge in [0.2, 0.25) is 10.0 Å². The normalized spacial score (nSPS) is 12.7. The molecule has 0 aromatic heterocycles. The maximum absolute atomic E-state index is 12.1. The van der Waals surface area contributed by atoms with E-state index in [0.717, 1.165) is 0 Å². The quantitative estimate of drug-likeness (QED) is 0.445. The third kappa shape index (κ3) is 4.36. The first-order chi connectivity index (χ1) is 9.40. The summed E-state index contributed by atoms with van der Waals surface area (Å²) in [5.74, 6) is -0.633. The first-order valence-corrected chi connectivity index (χ1v) is 7.54. The molecule has 0 aliphatic carbocycles. The molecule has 0 saturated heterocycles. The van der Waals surface area contributed by atoms with Crippen molar-refractivity contribution in [1.29, 1.82) is 0 Å². The number of nitrogens with one attached hydrogen (secondary N) is 1. The summed E-state index contributed by atoms with van der Waals surface area (Å²) in [7, 11) is -3.82. The number of nitrogens with two attached hydrogens (primary N) is 1. The first kappa shape index (κ1) is 16.2. The van der Waals surface area contributed by atoms with E-state index >= 15 is 0 Å². The molecule has 0 amide bonds. The number of hydrogen-bond donors (Lipinski definition) is 2. The van der Waals surface area contributed by atoms with Crippen LogP contribution in [0.2, 0.25) is 0 Å². The summed E-state index contributed by atoms with van der Waals surface area (Å²) in [6.07, 6.45) is 1.60. The van der Waals surface area contributed by atoms with Gasteiger partial charge in [-0.15, -0.1) is 6.58 Å². The smallest absolute Gasteiger partial charge is 0.324 e. The van der Waals surface area contributed by atoms with Gasteiger partial charge in [-0.05, 0) is 37.6 Å². The van der Waals surface area contributed by atoms with Gasteiger partial charge in [0.05, 0.1) is 11.5 Å². The van der Waals surface area contributed by atoms with Gasteiger partial charge in [-0.2, -0.15) is 4.72 Å². The van der Waals surface area contributed by atoms with E-state index in [1.54, 1.807) is 6.92 Å². The highest BCUT2D eigenvalue weighted by Crippen LogP contribution is 2.13. The van der Waals surface area contributed by atoms with Gasteiger partial charge in [-0.25, -0.2) is 8.42 Å². The average molecular weight is 298 g/mol. The molecule has 110 valence electrons. The molecule has 0 aliphatic heterocycles. The molecule has 1 aromatic rings. The molecule has 0 aliphatic rings. The zero-order valence-electron chi connectivity index (χ0n) is 11.2. The monoisotopic (exact) mass is 298 g/mol. The lowest BCUT2D eigenvalue weighted by atomic mass is 10.2. The molecule has 0 fully saturated rings. The summed E-state index contributed by atoms with van der Waals surface area (Å²) in [6.45, 7) is 5.33. The van der Waals surface area contributed by atoms with Gasteiger partial charge in [0, 0.05) is 5.69 Å². The minimum atomic E-state index is -3.82. The molecule has 1 aromatic carbocycles. The van der Waals surface area contributed by atoms with Crippen molar-refractivity contribution < 1.29 is 17.9 Å². The molecule has 1 atom stereocenters. The number of hydrogen-bond acceptors (Lipinski definition) is 5. The van der Waals surface area contributed by atoms with Crippen LogP contribution in [-0.2, 0) is 19.6 Å². The minimum Gasteiger partial charge on any atom is -0.465 e. The van der Waals surface area contributed by atoms with Crippen molar-refractivity contribution in [2.75, 3.05) is 12.3 Å². The lowest BCUT2D eigenvalue weighted by Crippen LogP contribution is -2.41. The van der Waals surface area contributed by atoms with E-state index in [0.29, 0.717) is 5.69 Å². The number of esters is 1. The summed E-state index contributed by atoms with van der Waals surface area (Å²) in [5.41, 5.74) is 5.96. The molecule has 1 unspecified atom stereocenters. The van der Waals surface area contributed by atoms with Gasteiger partial charge < -0.3 is 10.5 Å². The minimum absolute atomic E-state index is 0.0325. The second kappa shape index (κ2) is 7.06. The number of carbonyl (C=O) groups excluding carboxylic acids is 1. The van der Waals surface area contributed by atoms with E-state index in [4.69, 9.17) is 10.5 Å². The van der Waals surface area contributed by atoms with Crippen molar-refractivity contribution >= 4 is 21.7 Å². The number of rotatable bonds is 7. The summed E-state index contributed by atoms with van der Waals surface area (Å²) in [5, 5.41) is 0. The Balaban J connectivity index is 2.93. The van der Waals surface area contributed by atoms with E-state index in [1.165, 1.54) is 30.3 Å². The van der Waals surface area contributed by atoms with Crippen LogP contribution >= 0.6 is 0 Å². The number of benzene rings is 1. The Hall–Kier alpha value is -1.86. The number of ether oxygens (including phenoxy) is 1. The van der Waals surface area contributed by atoms with E-state index in [-0.39, 0.29) is 17.9 Å². The summed E-state index contributed by atoms with van der Waals surface area (Å²) in [6, 6.07) is 4.69. The molecule has 0 spiro atoms. The number of sulfonamides is 1. The molecule has 0 radical (unpaired) electrons. The van der Waals surface area contributed by atoms with Gasteiger partial charge in [-0.1, -0.05) is 6.08 Å². The van der Waals surface area contributed by atoms with Crippen LogP contribution in [0.1, 0.15) is 13.3 Å². The van der Waals surface area contributed by atoms with Crippen molar-refractivity contribution in [3.63, 3.8) is 0 Å². The summed E-state index contributed by atoms with van der Waals surface area (Å²) >= 11 is 0. The highest BCUT2D eigenvalue weighted by Gasteiger charge is 2.25. The fourth-order valence-corrected chi connectivity index (χ4v) is 2.70. The SMILES string of the molecule is C=CCC(NS(=O)(=O)c1ccc(N)cc1)C(=O)OCC. The second-order valence-electron chi connectivity index (χ2n) is 4.02. The lowest BCUT2D eigenvalue weighted by molar-refractivity contribution is -0.145. The fourth-order valence-electron chi connectivity index (χ4n) is 1.50. The Bertz CT molecular complexity index is 567. The Morgan fingerprint density at radius 3 is 2.55 bits per heavy atom. The standard InChI is InChI=1S/C13H18N2O4S/c1-3-5-12(13(16)19-4-2)15-20(17,18)11-8-6-10(14)7-9-11/h3,6-9,12,15H,1,4-5,14H2,2H3. The molecule has 0 saturated carbocycles. The van der Waals surface area contributed by atoms with Crippen LogP contribution in [0, 0.1) is 0 Å². The molecular weight excluding hydrogens is 280 g/mol. The van der Waals surface area contributed by atoms with E-state index in [9.17, 15) is 13.2 Å². The highest BCUT2D eigenvalue weighted by molar-refractivity contribution is 7.89. The second-order valence-corrected chi connectivity index (χ2v) is 5.73.